The summed E-state index contributed by atoms with van der Waals surface area (Å²) in [7, 11) is 0. The first-order valence-electron chi connectivity index (χ1n) is 5.98. The Morgan fingerprint density at radius 2 is 2.00 bits per heavy atom. The van der Waals surface area contributed by atoms with Gasteiger partial charge in [-0.15, -0.1) is 0 Å². The summed E-state index contributed by atoms with van der Waals surface area (Å²) < 4.78 is 10.4. The number of morpholine rings is 1. The van der Waals surface area contributed by atoms with Crippen LogP contribution in [0.25, 0.3) is 0 Å². The Kier molecular flexibility index (Phi) is 3.63. The van der Waals surface area contributed by atoms with E-state index in [1.54, 1.807) is 11.8 Å². The molecular weight excluding hydrogens is 224 g/mol. The number of likely N-dealkylation sites (tertiary alicyclic amines) is 1. The fraction of sp³-hybridized carbons (Fsp3) is 0.818. The lowest BCUT2D eigenvalue weighted by atomic mass is 10.2. The van der Waals surface area contributed by atoms with Gasteiger partial charge in [0.1, 0.15) is 0 Å². The largest absolute Gasteiger partial charge is 0.464 e. The van der Waals surface area contributed by atoms with Gasteiger partial charge in [0, 0.05) is 13.1 Å². The summed E-state index contributed by atoms with van der Waals surface area (Å²) in [6.07, 6.45) is 2.16. The minimum Gasteiger partial charge on any atom is -0.464 e. The van der Waals surface area contributed by atoms with E-state index in [1.807, 2.05) is 0 Å². The van der Waals surface area contributed by atoms with Gasteiger partial charge >= 0.3 is 5.97 Å². The molecule has 2 N–H and O–H groups in total. The maximum absolute atomic E-state index is 12.0. The summed E-state index contributed by atoms with van der Waals surface area (Å²) in [4.78, 5) is 25.0. The number of fused-ring (bicyclic) bond motifs is 2. The number of nitrogens with zero attached hydrogens (tertiary/aromatic N) is 1. The van der Waals surface area contributed by atoms with Gasteiger partial charge in [-0.2, -0.15) is 0 Å². The standard InChI is InChI=1S/C11H18N2O4/c1-2-16-11(15)9(12)10(14)13-5-7-3-4-8(6-13)17-7/h7-9H,2-6,12H2,1H3. The fourth-order valence-electron chi connectivity index (χ4n) is 2.32. The lowest BCUT2D eigenvalue weighted by molar-refractivity contribution is -0.154. The van der Waals surface area contributed by atoms with E-state index in [0.717, 1.165) is 12.8 Å². The highest BCUT2D eigenvalue weighted by Crippen LogP contribution is 2.26. The van der Waals surface area contributed by atoms with E-state index in [-0.39, 0.29) is 24.7 Å². The lowest BCUT2D eigenvalue weighted by Gasteiger charge is -2.33. The van der Waals surface area contributed by atoms with Gasteiger partial charge in [-0.25, -0.2) is 4.79 Å². The molecular formula is C11H18N2O4. The summed E-state index contributed by atoms with van der Waals surface area (Å²) in [5.74, 6) is -1.01. The molecule has 2 heterocycles. The van der Waals surface area contributed by atoms with E-state index < -0.39 is 12.0 Å². The Morgan fingerprint density at radius 1 is 1.41 bits per heavy atom. The molecule has 0 aromatic heterocycles. The lowest BCUT2D eigenvalue weighted by Crippen LogP contribution is -2.54. The van der Waals surface area contributed by atoms with Crippen LogP contribution in [0.4, 0.5) is 0 Å². The van der Waals surface area contributed by atoms with Crippen molar-refractivity contribution in [3.05, 3.63) is 0 Å². The molecule has 96 valence electrons. The van der Waals surface area contributed by atoms with Crippen molar-refractivity contribution in [3.8, 4) is 0 Å². The first-order valence-corrected chi connectivity index (χ1v) is 5.98. The minimum absolute atomic E-state index is 0.104. The number of ether oxygens (including phenoxy) is 2. The zero-order valence-corrected chi connectivity index (χ0v) is 9.93. The van der Waals surface area contributed by atoms with Crippen LogP contribution in [0, 0.1) is 0 Å². The summed E-state index contributed by atoms with van der Waals surface area (Å²) in [6.45, 7) is 2.98. The Labute approximate surface area is 100 Å². The van der Waals surface area contributed by atoms with Crippen LogP contribution in [0.3, 0.4) is 0 Å². The second kappa shape index (κ2) is 5.01. The number of esters is 1. The van der Waals surface area contributed by atoms with Crippen LogP contribution in [0.2, 0.25) is 0 Å². The normalized spacial score (nSPS) is 28.9. The molecule has 2 aliphatic heterocycles. The van der Waals surface area contributed by atoms with Gasteiger partial charge in [0.05, 0.1) is 18.8 Å². The SMILES string of the molecule is CCOC(=O)C(N)C(=O)N1CC2CCC(C1)O2. The third-order valence-corrected chi connectivity index (χ3v) is 3.16. The molecule has 2 fully saturated rings. The van der Waals surface area contributed by atoms with Crippen molar-refractivity contribution in [3.63, 3.8) is 0 Å². The van der Waals surface area contributed by atoms with Crippen molar-refractivity contribution >= 4 is 11.9 Å². The van der Waals surface area contributed by atoms with Crippen molar-refractivity contribution in [2.75, 3.05) is 19.7 Å². The Hall–Kier alpha value is -1.14. The van der Waals surface area contributed by atoms with Crippen LogP contribution in [0.15, 0.2) is 0 Å². The van der Waals surface area contributed by atoms with Gasteiger partial charge in [0.2, 0.25) is 0 Å². The van der Waals surface area contributed by atoms with Gasteiger partial charge in [-0.1, -0.05) is 0 Å². The molecule has 6 nitrogen and oxygen atoms in total. The van der Waals surface area contributed by atoms with Crippen molar-refractivity contribution in [2.45, 2.75) is 38.0 Å². The zero-order valence-electron chi connectivity index (χ0n) is 9.93. The maximum Gasteiger partial charge on any atom is 0.332 e. The van der Waals surface area contributed by atoms with Crippen LogP contribution in [0.1, 0.15) is 19.8 Å². The Morgan fingerprint density at radius 3 is 2.53 bits per heavy atom. The van der Waals surface area contributed by atoms with Crippen LogP contribution < -0.4 is 5.73 Å². The molecule has 3 atom stereocenters. The third-order valence-electron chi connectivity index (χ3n) is 3.16. The van der Waals surface area contributed by atoms with Gasteiger partial charge < -0.3 is 20.1 Å². The second-order valence-corrected chi connectivity index (χ2v) is 4.43. The predicted molar refractivity (Wildman–Crippen MR) is 59.1 cm³/mol. The highest BCUT2D eigenvalue weighted by Gasteiger charge is 2.38. The van der Waals surface area contributed by atoms with E-state index in [9.17, 15) is 9.59 Å². The first kappa shape index (κ1) is 12.3. The number of hydrogen-bond donors (Lipinski definition) is 1. The molecule has 0 aromatic carbocycles. The average Bonchev–Trinajstić information content (AvgIpc) is 2.66. The summed E-state index contributed by atoms with van der Waals surface area (Å²) in [5, 5.41) is 0. The van der Waals surface area contributed by atoms with Crippen LogP contribution in [-0.2, 0) is 19.1 Å². The molecule has 2 rings (SSSR count). The number of carbonyl (C=O) groups is 2. The van der Waals surface area contributed by atoms with Crippen molar-refractivity contribution < 1.29 is 19.1 Å². The van der Waals surface area contributed by atoms with Gasteiger partial charge in [0.25, 0.3) is 5.91 Å². The monoisotopic (exact) mass is 242 g/mol. The van der Waals surface area contributed by atoms with Crippen LogP contribution >= 0.6 is 0 Å². The molecule has 0 aromatic rings. The summed E-state index contributed by atoms with van der Waals surface area (Å²) >= 11 is 0. The van der Waals surface area contributed by atoms with Gasteiger partial charge in [-0.05, 0) is 19.8 Å². The fourth-order valence-corrected chi connectivity index (χ4v) is 2.32. The quantitative estimate of drug-likeness (QED) is 0.521. The van der Waals surface area contributed by atoms with Crippen LogP contribution in [-0.4, -0.2) is 54.7 Å². The average molecular weight is 242 g/mol. The molecule has 2 bridgehead atoms. The smallest absolute Gasteiger partial charge is 0.332 e. The van der Waals surface area contributed by atoms with Crippen molar-refractivity contribution in [1.29, 1.82) is 0 Å². The molecule has 6 heteroatoms. The highest BCUT2D eigenvalue weighted by atomic mass is 16.5. The van der Waals surface area contributed by atoms with Crippen LogP contribution in [0.5, 0.6) is 0 Å². The molecule has 2 aliphatic rings. The number of nitrogens with two attached hydrogens (primary N) is 1. The number of rotatable bonds is 3. The molecule has 17 heavy (non-hydrogen) atoms. The zero-order chi connectivity index (χ0) is 12.4. The number of carbonyl (C=O) groups excluding carboxylic acids is 2. The molecule has 0 saturated carbocycles. The Bertz CT molecular complexity index is 309. The molecule has 1 amide bonds. The third kappa shape index (κ3) is 2.58. The van der Waals surface area contributed by atoms with E-state index >= 15 is 0 Å². The van der Waals surface area contributed by atoms with E-state index in [0.29, 0.717) is 13.1 Å². The second-order valence-electron chi connectivity index (χ2n) is 4.43. The molecule has 0 spiro atoms. The van der Waals surface area contributed by atoms with Gasteiger partial charge in [-0.3, -0.25) is 4.79 Å². The first-order chi connectivity index (χ1) is 8.11. The predicted octanol–water partition coefficient (Wildman–Crippen LogP) is -0.733. The van der Waals surface area contributed by atoms with Crippen molar-refractivity contribution in [2.24, 2.45) is 5.73 Å². The number of amides is 1. The summed E-state index contributed by atoms with van der Waals surface area (Å²) in [6, 6.07) is -1.20. The molecule has 0 radical (unpaired) electrons. The minimum atomic E-state index is -1.20. The molecule has 2 saturated heterocycles. The molecule has 0 aliphatic carbocycles. The van der Waals surface area contributed by atoms with E-state index in [2.05, 4.69) is 0 Å². The van der Waals surface area contributed by atoms with Gasteiger partial charge in [0.15, 0.2) is 6.04 Å². The van der Waals surface area contributed by atoms with E-state index in [1.165, 1.54) is 0 Å². The van der Waals surface area contributed by atoms with Crippen molar-refractivity contribution in [1.82, 2.24) is 4.90 Å². The highest BCUT2D eigenvalue weighted by molar-refractivity contribution is 6.01. The number of hydrogen-bond acceptors (Lipinski definition) is 5. The van der Waals surface area contributed by atoms with E-state index in [4.69, 9.17) is 15.2 Å². The summed E-state index contributed by atoms with van der Waals surface area (Å²) in [5.41, 5.74) is 5.58. The maximum atomic E-state index is 12.0. The molecule has 3 unspecified atom stereocenters. The Balaban J connectivity index is 1.93. The topological polar surface area (TPSA) is 81.9 Å².